The summed E-state index contributed by atoms with van der Waals surface area (Å²) >= 11 is 0. The molecule has 1 atom stereocenters. The topological polar surface area (TPSA) is 63.5 Å². The summed E-state index contributed by atoms with van der Waals surface area (Å²) in [6.45, 7) is 2.54. The summed E-state index contributed by atoms with van der Waals surface area (Å²) in [6.07, 6.45) is 4.66. The molecule has 24 heavy (non-hydrogen) atoms. The van der Waals surface area contributed by atoms with Crippen LogP contribution in [0.25, 0.3) is 0 Å². The zero-order chi connectivity index (χ0) is 16.5. The number of carbonyl (C=O) groups is 1. The molecule has 2 aliphatic rings. The monoisotopic (exact) mass is 331 g/mol. The zero-order valence-corrected chi connectivity index (χ0v) is 13.1. The van der Waals surface area contributed by atoms with E-state index in [4.69, 9.17) is 4.74 Å². The summed E-state index contributed by atoms with van der Waals surface area (Å²) in [5, 5.41) is 7.59. The number of rotatable bonds is 4. The molecular formula is C16H18FN5O2. The van der Waals surface area contributed by atoms with Crippen molar-refractivity contribution in [3.8, 4) is 0 Å². The second kappa shape index (κ2) is 6.10. The van der Waals surface area contributed by atoms with Crippen molar-refractivity contribution < 1.29 is 13.9 Å². The van der Waals surface area contributed by atoms with Crippen molar-refractivity contribution in [2.45, 2.75) is 25.5 Å². The minimum Gasteiger partial charge on any atom is -0.442 e. The largest absolute Gasteiger partial charge is 0.442 e. The predicted molar refractivity (Wildman–Crippen MR) is 85.5 cm³/mol. The molecule has 8 heteroatoms. The van der Waals surface area contributed by atoms with E-state index in [9.17, 15) is 9.18 Å². The number of anilines is 2. The fraction of sp³-hybridized carbons (Fsp3) is 0.438. The summed E-state index contributed by atoms with van der Waals surface area (Å²) in [7, 11) is 0. The molecule has 1 aromatic heterocycles. The number of carbonyl (C=O) groups excluding carboxylic acids is 1. The highest BCUT2D eigenvalue weighted by atomic mass is 19.1. The highest BCUT2D eigenvalue weighted by molar-refractivity contribution is 5.90. The van der Waals surface area contributed by atoms with E-state index in [0.29, 0.717) is 24.5 Å². The maximum Gasteiger partial charge on any atom is 0.414 e. The summed E-state index contributed by atoms with van der Waals surface area (Å²) < 4.78 is 21.4. The first-order valence-corrected chi connectivity index (χ1v) is 8.07. The standard InChI is InChI=1S/C16H18FN5O2/c17-14-9-12(3-4-15(14)20-6-1-2-7-20)22-11-13(24-16(22)23)10-21-8-5-18-19-21/h3-5,8-9,13H,1-2,6-7,10-11H2/t13-/m0/s1. The van der Waals surface area contributed by atoms with Crippen molar-refractivity contribution in [2.24, 2.45) is 0 Å². The third kappa shape index (κ3) is 2.79. The normalized spacial score (nSPS) is 20.7. The molecule has 3 heterocycles. The highest BCUT2D eigenvalue weighted by Crippen LogP contribution is 2.29. The number of hydrogen-bond acceptors (Lipinski definition) is 5. The van der Waals surface area contributed by atoms with Gasteiger partial charge in [-0.25, -0.2) is 13.9 Å². The Kier molecular flexibility index (Phi) is 3.79. The lowest BCUT2D eigenvalue weighted by molar-refractivity contribution is 0.129. The van der Waals surface area contributed by atoms with Crippen LogP contribution >= 0.6 is 0 Å². The van der Waals surface area contributed by atoms with E-state index in [2.05, 4.69) is 10.3 Å². The lowest BCUT2D eigenvalue weighted by Crippen LogP contribution is -2.26. The molecule has 0 saturated carbocycles. The maximum atomic E-state index is 14.4. The number of aromatic nitrogens is 3. The molecule has 1 amide bonds. The van der Waals surface area contributed by atoms with Crippen molar-refractivity contribution in [1.29, 1.82) is 0 Å². The van der Waals surface area contributed by atoms with Crippen molar-refractivity contribution in [2.75, 3.05) is 29.4 Å². The average Bonchev–Trinajstić information content (AvgIpc) is 3.30. The van der Waals surface area contributed by atoms with Crippen molar-refractivity contribution in [1.82, 2.24) is 15.0 Å². The SMILES string of the molecule is O=C1O[C@@H](Cn2ccnn2)CN1c1ccc(N2CCCC2)c(F)c1. The molecule has 0 unspecified atom stereocenters. The van der Waals surface area contributed by atoms with E-state index in [0.717, 1.165) is 25.9 Å². The number of ether oxygens (including phenoxy) is 1. The Bertz CT molecular complexity index is 730. The van der Waals surface area contributed by atoms with Crippen LogP contribution in [0.15, 0.2) is 30.6 Å². The van der Waals surface area contributed by atoms with Crippen LogP contribution in [0.1, 0.15) is 12.8 Å². The van der Waals surface area contributed by atoms with Crippen LogP contribution in [0.5, 0.6) is 0 Å². The van der Waals surface area contributed by atoms with Crippen molar-refractivity contribution >= 4 is 17.5 Å². The van der Waals surface area contributed by atoms with Crippen molar-refractivity contribution in [3.05, 3.63) is 36.4 Å². The molecule has 2 aromatic rings. The molecule has 2 fully saturated rings. The lowest BCUT2D eigenvalue weighted by Gasteiger charge is -2.20. The molecule has 7 nitrogen and oxygen atoms in total. The molecule has 2 aliphatic heterocycles. The summed E-state index contributed by atoms with van der Waals surface area (Å²) in [5.74, 6) is -0.304. The Labute approximate surface area is 138 Å². The Morgan fingerprint density at radius 3 is 2.83 bits per heavy atom. The van der Waals surface area contributed by atoms with E-state index in [1.54, 1.807) is 29.2 Å². The molecule has 4 rings (SSSR count). The van der Waals surface area contributed by atoms with Crippen LogP contribution in [0, 0.1) is 5.82 Å². The molecule has 1 aromatic carbocycles. The Morgan fingerprint density at radius 1 is 1.29 bits per heavy atom. The van der Waals surface area contributed by atoms with E-state index >= 15 is 0 Å². The molecular weight excluding hydrogens is 313 g/mol. The minimum atomic E-state index is -0.464. The second-order valence-corrected chi connectivity index (χ2v) is 6.07. The van der Waals surface area contributed by atoms with E-state index < -0.39 is 6.09 Å². The first-order chi connectivity index (χ1) is 11.7. The first-order valence-electron chi connectivity index (χ1n) is 8.07. The molecule has 126 valence electrons. The number of nitrogens with zero attached hydrogens (tertiary/aromatic N) is 5. The zero-order valence-electron chi connectivity index (χ0n) is 13.1. The third-order valence-corrected chi connectivity index (χ3v) is 4.43. The van der Waals surface area contributed by atoms with Gasteiger partial charge in [0.1, 0.15) is 11.9 Å². The molecule has 0 bridgehead atoms. The second-order valence-electron chi connectivity index (χ2n) is 6.07. The van der Waals surface area contributed by atoms with Gasteiger partial charge in [0.05, 0.1) is 30.7 Å². The smallest absolute Gasteiger partial charge is 0.414 e. The van der Waals surface area contributed by atoms with E-state index in [1.807, 2.05) is 4.90 Å². The third-order valence-electron chi connectivity index (χ3n) is 4.43. The van der Waals surface area contributed by atoms with Gasteiger partial charge in [0.15, 0.2) is 0 Å². The van der Waals surface area contributed by atoms with Gasteiger partial charge in [-0.3, -0.25) is 4.90 Å². The molecule has 0 aliphatic carbocycles. The van der Waals surface area contributed by atoms with Gasteiger partial charge in [-0.1, -0.05) is 5.21 Å². The number of benzene rings is 1. The quantitative estimate of drug-likeness (QED) is 0.858. The first kappa shape index (κ1) is 14.9. The fourth-order valence-corrected chi connectivity index (χ4v) is 3.24. The summed E-state index contributed by atoms with van der Waals surface area (Å²) in [6, 6.07) is 4.93. The number of amides is 1. The van der Waals surface area contributed by atoms with Crippen LogP contribution < -0.4 is 9.80 Å². The highest BCUT2D eigenvalue weighted by Gasteiger charge is 2.33. The van der Waals surface area contributed by atoms with Gasteiger partial charge in [0.2, 0.25) is 0 Å². The maximum absolute atomic E-state index is 14.4. The average molecular weight is 331 g/mol. The Hall–Kier alpha value is -2.64. The van der Waals surface area contributed by atoms with Gasteiger partial charge in [-0.2, -0.15) is 0 Å². The van der Waals surface area contributed by atoms with Crippen molar-refractivity contribution in [3.63, 3.8) is 0 Å². The minimum absolute atomic E-state index is 0.304. The number of cyclic esters (lactones) is 1. The van der Waals surface area contributed by atoms with Gasteiger partial charge < -0.3 is 9.64 Å². The van der Waals surface area contributed by atoms with Crippen LogP contribution in [0.2, 0.25) is 0 Å². The van der Waals surface area contributed by atoms with Gasteiger partial charge in [-0.05, 0) is 31.0 Å². The van der Waals surface area contributed by atoms with Gasteiger partial charge >= 0.3 is 6.09 Å². The number of hydrogen-bond donors (Lipinski definition) is 0. The van der Waals surface area contributed by atoms with Crippen LogP contribution in [0.4, 0.5) is 20.6 Å². The van der Waals surface area contributed by atoms with E-state index in [1.165, 1.54) is 11.0 Å². The van der Waals surface area contributed by atoms with Gasteiger partial charge in [-0.15, -0.1) is 5.10 Å². The van der Waals surface area contributed by atoms with Crippen LogP contribution in [-0.4, -0.2) is 46.8 Å². The lowest BCUT2D eigenvalue weighted by atomic mass is 10.2. The van der Waals surface area contributed by atoms with Gasteiger partial charge in [0, 0.05) is 19.3 Å². The van der Waals surface area contributed by atoms with Crippen LogP contribution in [-0.2, 0) is 11.3 Å². The van der Waals surface area contributed by atoms with E-state index in [-0.39, 0.29) is 11.9 Å². The number of halogens is 1. The predicted octanol–water partition coefficient (Wildman–Crippen LogP) is 2.04. The Morgan fingerprint density at radius 2 is 2.12 bits per heavy atom. The molecule has 2 saturated heterocycles. The van der Waals surface area contributed by atoms with Crippen LogP contribution in [0.3, 0.4) is 0 Å². The fourth-order valence-electron chi connectivity index (χ4n) is 3.24. The van der Waals surface area contributed by atoms with Gasteiger partial charge in [0.25, 0.3) is 0 Å². The molecule has 0 radical (unpaired) electrons. The summed E-state index contributed by atoms with van der Waals surface area (Å²) in [4.78, 5) is 15.6. The molecule has 0 spiro atoms. The molecule has 0 N–H and O–H groups in total. The summed E-state index contributed by atoms with van der Waals surface area (Å²) in [5.41, 5.74) is 1.12. The Balaban J connectivity index is 1.49.